The van der Waals surface area contributed by atoms with Crippen molar-refractivity contribution in [2.24, 2.45) is 5.92 Å². The smallest absolute Gasteiger partial charge is 0.243 e. The second kappa shape index (κ2) is 6.56. The highest BCUT2D eigenvalue weighted by molar-refractivity contribution is 7.89. The van der Waals surface area contributed by atoms with Gasteiger partial charge in [0, 0.05) is 6.04 Å². The van der Waals surface area contributed by atoms with E-state index in [1.807, 2.05) is 13.8 Å². The van der Waals surface area contributed by atoms with E-state index in [-0.39, 0.29) is 23.1 Å². The molecule has 5 nitrogen and oxygen atoms in total. The Morgan fingerprint density at radius 1 is 1.25 bits per heavy atom. The first kappa shape index (κ1) is 16.9. The normalized spacial score (nSPS) is 13.7. The van der Waals surface area contributed by atoms with Crippen molar-refractivity contribution in [2.75, 3.05) is 12.3 Å². The van der Waals surface area contributed by atoms with Gasteiger partial charge in [-0.25, -0.2) is 13.1 Å². The maximum absolute atomic E-state index is 12.5. The van der Waals surface area contributed by atoms with Gasteiger partial charge in [0.25, 0.3) is 0 Å². The molecule has 0 saturated carbocycles. The molecule has 0 aliphatic heterocycles. The number of aliphatic hydroxyl groups excluding tert-OH is 1. The lowest BCUT2D eigenvalue weighted by Gasteiger charge is -2.20. The van der Waals surface area contributed by atoms with Gasteiger partial charge in [0.2, 0.25) is 10.0 Å². The van der Waals surface area contributed by atoms with Crippen molar-refractivity contribution >= 4 is 15.7 Å². The number of aryl methyl sites for hydroxylation is 2. The standard InChI is InChI=1S/C14H24N2O3S/c1-9(2)7-12(8-17)16-20(18,19)14-11(4)6-5-10(3)13(14)15/h5-6,9,12,16-17H,7-8,15H2,1-4H3. The molecule has 0 radical (unpaired) electrons. The van der Waals surface area contributed by atoms with Gasteiger partial charge in [-0.2, -0.15) is 0 Å². The Balaban J connectivity index is 3.14. The summed E-state index contributed by atoms with van der Waals surface area (Å²) in [6.07, 6.45) is 0.570. The van der Waals surface area contributed by atoms with E-state index in [1.165, 1.54) is 0 Å². The number of nitrogen functional groups attached to an aromatic ring is 1. The van der Waals surface area contributed by atoms with E-state index < -0.39 is 16.1 Å². The summed E-state index contributed by atoms with van der Waals surface area (Å²) in [5, 5.41) is 9.32. The Kier molecular flexibility index (Phi) is 5.56. The summed E-state index contributed by atoms with van der Waals surface area (Å²) < 4.78 is 27.5. The SMILES string of the molecule is Cc1ccc(C)c(S(=O)(=O)NC(CO)CC(C)C)c1N. The minimum absolute atomic E-state index is 0.111. The molecule has 20 heavy (non-hydrogen) atoms. The van der Waals surface area contributed by atoms with Crippen LogP contribution in [-0.4, -0.2) is 26.2 Å². The van der Waals surface area contributed by atoms with Gasteiger partial charge in [0.05, 0.1) is 12.3 Å². The fourth-order valence-electron chi connectivity index (χ4n) is 2.17. The molecule has 0 heterocycles. The fraction of sp³-hybridized carbons (Fsp3) is 0.571. The molecular formula is C14H24N2O3S. The number of sulfonamides is 1. The highest BCUT2D eigenvalue weighted by Gasteiger charge is 2.24. The van der Waals surface area contributed by atoms with Crippen LogP contribution in [0.5, 0.6) is 0 Å². The number of aliphatic hydroxyl groups is 1. The lowest BCUT2D eigenvalue weighted by atomic mass is 10.1. The van der Waals surface area contributed by atoms with Crippen LogP contribution in [0.4, 0.5) is 5.69 Å². The van der Waals surface area contributed by atoms with Gasteiger partial charge in [-0.1, -0.05) is 26.0 Å². The molecule has 0 spiro atoms. The van der Waals surface area contributed by atoms with Crippen LogP contribution in [0.1, 0.15) is 31.4 Å². The van der Waals surface area contributed by atoms with Crippen molar-refractivity contribution in [2.45, 2.75) is 45.1 Å². The average molecular weight is 300 g/mol. The molecule has 0 fully saturated rings. The largest absolute Gasteiger partial charge is 0.397 e. The predicted octanol–water partition coefficient (Wildman–Crippen LogP) is 1.57. The van der Waals surface area contributed by atoms with Crippen LogP contribution in [0.2, 0.25) is 0 Å². The maximum Gasteiger partial charge on any atom is 0.243 e. The number of nitrogens with two attached hydrogens (primary N) is 1. The first-order chi connectivity index (χ1) is 9.19. The summed E-state index contributed by atoms with van der Waals surface area (Å²) >= 11 is 0. The summed E-state index contributed by atoms with van der Waals surface area (Å²) in [6.45, 7) is 7.20. The van der Waals surface area contributed by atoms with Gasteiger partial charge < -0.3 is 10.8 Å². The third kappa shape index (κ3) is 3.94. The van der Waals surface area contributed by atoms with Gasteiger partial charge in [0.1, 0.15) is 4.90 Å². The van der Waals surface area contributed by atoms with Crippen molar-refractivity contribution in [3.8, 4) is 0 Å². The molecule has 1 aromatic rings. The molecule has 0 saturated heterocycles. The third-order valence-corrected chi connectivity index (χ3v) is 4.90. The van der Waals surface area contributed by atoms with E-state index in [2.05, 4.69) is 4.72 Å². The second-order valence-electron chi connectivity index (χ2n) is 5.57. The molecule has 1 unspecified atom stereocenters. The Hall–Kier alpha value is -1.11. The van der Waals surface area contributed by atoms with E-state index in [1.54, 1.807) is 26.0 Å². The van der Waals surface area contributed by atoms with Crippen LogP contribution in [0.3, 0.4) is 0 Å². The van der Waals surface area contributed by atoms with E-state index >= 15 is 0 Å². The Labute approximate surface area is 121 Å². The fourth-order valence-corrected chi connectivity index (χ4v) is 3.84. The molecular weight excluding hydrogens is 276 g/mol. The third-order valence-electron chi connectivity index (χ3n) is 3.18. The molecule has 0 aromatic heterocycles. The van der Waals surface area contributed by atoms with Crippen molar-refractivity contribution in [3.63, 3.8) is 0 Å². The lowest BCUT2D eigenvalue weighted by Crippen LogP contribution is -2.39. The summed E-state index contributed by atoms with van der Waals surface area (Å²) in [5.41, 5.74) is 7.49. The van der Waals surface area contributed by atoms with E-state index in [0.29, 0.717) is 12.0 Å². The first-order valence-corrected chi connectivity index (χ1v) is 8.16. The van der Waals surface area contributed by atoms with Crippen molar-refractivity contribution < 1.29 is 13.5 Å². The molecule has 114 valence electrons. The molecule has 1 aromatic carbocycles. The zero-order chi connectivity index (χ0) is 15.5. The van der Waals surface area contributed by atoms with Crippen LogP contribution >= 0.6 is 0 Å². The summed E-state index contributed by atoms with van der Waals surface area (Å²) in [5.74, 6) is 0.283. The number of rotatable bonds is 6. The number of hydrogen-bond donors (Lipinski definition) is 3. The van der Waals surface area contributed by atoms with E-state index in [4.69, 9.17) is 5.73 Å². The van der Waals surface area contributed by atoms with Gasteiger partial charge in [-0.15, -0.1) is 0 Å². The molecule has 1 rings (SSSR count). The topological polar surface area (TPSA) is 92.4 Å². The molecule has 0 amide bonds. The van der Waals surface area contributed by atoms with Crippen molar-refractivity contribution in [3.05, 3.63) is 23.3 Å². The molecule has 0 aliphatic rings. The molecule has 1 atom stereocenters. The number of nitrogens with one attached hydrogen (secondary N) is 1. The number of anilines is 1. The van der Waals surface area contributed by atoms with Crippen molar-refractivity contribution in [1.82, 2.24) is 4.72 Å². The maximum atomic E-state index is 12.5. The molecule has 4 N–H and O–H groups in total. The van der Waals surface area contributed by atoms with Crippen LogP contribution in [0.25, 0.3) is 0 Å². The summed E-state index contributed by atoms with van der Waals surface area (Å²) in [6, 6.07) is 3.03. The quantitative estimate of drug-likeness (QED) is 0.695. The summed E-state index contributed by atoms with van der Waals surface area (Å²) in [4.78, 5) is 0.111. The van der Waals surface area contributed by atoms with Crippen LogP contribution in [0.15, 0.2) is 17.0 Å². The van der Waals surface area contributed by atoms with Crippen LogP contribution in [0, 0.1) is 19.8 Å². The van der Waals surface area contributed by atoms with Gasteiger partial charge in [0.15, 0.2) is 0 Å². The minimum atomic E-state index is -3.74. The first-order valence-electron chi connectivity index (χ1n) is 6.68. The molecule has 0 bridgehead atoms. The average Bonchev–Trinajstić information content (AvgIpc) is 2.32. The van der Waals surface area contributed by atoms with Gasteiger partial charge in [-0.05, 0) is 37.3 Å². The Bertz CT molecular complexity index is 568. The van der Waals surface area contributed by atoms with Crippen LogP contribution < -0.4 is 10.5 Å². The van der Waals surface area contributed by atoms with Crippen molar-refractivity contribution in [1.29, 1.82) is 0 Å². The minimum Gasteiger partial charge on any atom is -0.397 e. The van der Waals surface area contributed by atoms with E-state index in [9.17, 15) is 13.5 Å². The van der Waals surface area contributed by atoms with Gasteiger partial charge in [-0.3, -0.25) is 0 Å². The zero-order valence-corrected chi connectivity index (χ0v) is 13.3. The monoisotopic (exact) mass is 300 g/mol. The van der Waals surface area contributed by atoms with Crippen LogP contribution in [-0.2, 0) is 10.0 Å². The second-order valence-corrected chi connectivity index (χ2v) is 7.22. The molecule has 6 heteroatoms. The zero-order valence-electron chi connectivity index (χ0n) is 12.5. The lowest BCUT2D eigenvalue weighted by molar-refractivity contribution is 0.240. The number of benzene rings is 1. The van der Waals surface area contributed by atoms with Gasteiger partial charge >= 0.3 is 0 Å². The van der Waals surface area contributed by atoms with E-state index in [0.717, 1.165) is 5.56 Å². The molecule has 0 aliphatic carbocycles. The predicted molar refractivity (Wildman–Crippen MR) is 81.0 cm³/mol. The number of hydrogen-bond acceptors (Lipinski definition) is 4. The highest BCUT2D eigenvalue weighted by Crippen LogP contribution is 2.26. The Morgan fingerprint density at radius 3 is 2.30 bits per heavy atom. The Morgan fingerprint density at radius 2 is 1.80 bits per heavy atom. The summed E-state index contributed by atoms with van der Waals surface area (Å²) in [7, 11) is -3.74. The highest BCUT2D eigenvalue weighted by atomic mass is 32.2.